The second-order valence-electron chi connectivity index (χ2n) is 7.05. The van der Waals surface area contributed by atoms with Crippen LogP contribution in [0.1, 0.15) is 28.8 Å². The summed E-state index contributed by atoms with van der Waals surface area (Å²) in [6.07, 6.45) is 1.26. The highest BCUT2D eigenvalue weighted by atomic mass is 16.5. The first-order chi connectivity index (χ1) is 16.8. The summed E-state index contributed by atoms with van der Waals surface area (Å²) in [7, 11) is 0. The SMILES string of the molecule is CCOC(=O)C(CNC(=O)CNC(=O)c1cccc(NC=NN)c1)c1cccc(OCC(=O)O)c1. The highest BCUT2D eigenvalue weighted by molar-refractivity contribution is 5.97. The molecular formula is C23H27N5O7. The van der Waals surface area contributed by atoms with Crippen LogP contribution in [0, 0.1) is 0 Å². The molecule has 2 aromatic rings. The fourth-order valence-electron chi connectivity index (χ4n) is 2.95. The second-order valence-corrected chi connectivity index (χ2v) is 7.05. The molecule has 2 rings (SSSR count). The maximum absolute atomic E-state index is 12.5. The average Bonchev–Trinajstić information content (AvgIpc) is 2.85. The van der Waals surface area contributed by atoms with Crippen molar-refractivity contribution in [3.05, 3.63) is 59.7 Å². The number of amides is 2. The molecule has 2 aromatic carbocycles. The number of ether oxygens (including phenoxy) is 2. The van der Waals surface area contributed by atoms with Gasteiger partial charge in [0, 0.05) is 17.8 Å². The minimum Gasteiger partial charge on any atom is -0.482 e. The Bertz CT molecular complexity index is 1070. The highest BCUT2D eigenvalue weighted by Crippen LogP contribution is 2.22. The zero-order valence-electron chi connectivity index (χ0n) is 19.0. The van der Waals surface area contributed by atoms with Crippen molar-refractivity contribution in [2.75, 3.05) is 31.6 Å². The van der Waals surface area contributed by atoms with Gasteiger partial charge in [0.05, 0.1) is 19.1 Å². The number of carboxylic acids is 1. The molecule has 0 aliphatic heterocycles. The monoisotopic (exact) mass is 485 g/mol. The lowest BCUT2D eigenvalue weighted by Crippen LogP contribution is -2.39. The Hall–Kier alpha value is -4.61. The Morgan fingerprint density at radius 1 is 1.11 bits per heavy atom. The summed E-state index contributed by atoms with van der Waals surface area (Å²) in [6.45, 7) is 0.831. The number of hydrazone groups is 1. The molecule has 1 unspecified atom stereocenters. The fraction of sp³-hybridized carbons (Fsp3) is 0.261. The van der Waals surface area contributed by atoms with E-state index in [4.69, 9.17) is 20.4 Å². The first kappa shape index (κ1) is 26.6. The van der Waals surface area contributed by atoms with Crippen molar-refractivity contribution >= 4 is 35.8 Å². The van der Waals surface area contributed by atoms with Gasteiger partial charge in [-0.05, 0) is 42.8 Å². The third kappa shape index (κ3) is 9.04. The molecule has 0 radical (unpaired) electrons. The Morgan fingerprint density at radius 3 is 2.60 bits per heavy atom. The fourth-order valence-corrected chi connectivity index (χ4v) is 2.95. The van der Waals surface area contributed by atoms with Gasteiger partial charge in [-0.15, -0.1) is 0 Å². The highest BCUT2D eigenvalue weighted by Gasteiger charge is 2.23. The van der Waals surface area contributed by atoms with Gasteiger partial charge in [-0.1, -0.05) is 18.2 Å². The predicted octanol–water partition coefficient (Wildman–Crippen LogP) is 0.657. The molecule has 12 nitrogen and oxygen atoms in total. The molecule has 0 bridgehead atoms. The van der Waals surface area contributed by atoms with Crippen LogP contribution < -0.4 is 26.5 Å². The summed E-state index contributed by atoms with van der Waals surface area (Å²) >= 11 is 0. The maximum Gasteiger partial charge on any atom is 0.341 e. The molecule has 0 aliphatic rings. The number of hydrogen-bond acceptors (Lipinski definition) is 8. The molecule has 0 aliphatic carbocycles. The van der Waals surface area contributed by atoms with Crippen LogP contribution >= 0.6 is 0 Å². The van der Waals surface area contributed by atoms with Crippen LogP contribution in [0.4, 0.5) is 5.69 Å². The first-order valence-corrected chi connectivity index (χ1v) is 10.6. The number of carbonyl (C=O) groups is 4. The van der Waals surface area contributed by atoms with E-state index in [9.17, 15) is 19.2 Å². The molecule has 2 amide bonds. The molecule has 0 spiro atoms. The minimum absolute atomic E-state index is 0.103. The summed E-state index contributed by atoms with van der Waals surface area (Å²) in [6, 6.07) is 12.8. The van der Waals surface area contributed by atoms with Crippen molar-refractivity contribution in [1.29, 1.82) is 0 Å². The van der Waals surface area contributed by atoms with Gasteiger partial charge in [0.25, 0.3) is 5.91 Å². The Labute approximate surface area is 201 Å². The van der Waals surface area contributed by atoms with Crippen LogP contribution in [-0.4, -0.2) is 61.5 Å². The van der Waals surface area contributed by atoms with E-state index in [1.54, 1.807) is 49.4 Å². The van der Waals surface area contributed by atoms with Crippen molar-refractivity contribution in [2.45, 2.75) is 12.8 Å². The van der Waals surface area contributed by atoms with E-state index in [0.717, 1.165) is 0 Å². The number of hydrogen-bond donors (Lipinski definition) is 5. The quantitative estimate of drug-likeness (QED) is 0.0894. The van der Waals surface area contributed by atoms with Gasteiger partial charge >= 0.3 is 11.9 Å². The van der Waals surface area contributed by atoms with Gasteiger partial charge in [-0.2, -0.15) is 5.10 Å². The van der Waals surface area contributed by atoms with Crippen molar-refractivity contribution in [3.8, 4) is 5.75 Å². The molecule has 0 saturated heterocycles. The summed E-state index contributed by atoms with van der Waals surface area (Å²) in [5, 5.41) is 20.0. The van der Waals surface area contributed by atoms with Gasteiger partial charge in [-0.25, -0.2) is 4.79 Å². The van der Waals surface area contributed by atoms with Crippen LogP contribution in [0.15, 0.2) is 53.6 Å². The zero-order valence-corrected chi connectivity index (χ0v) is 19.0. The number of anilines is 1. The van der Waals surface area contributed by atoms with Crippen molar-refractivity contribution < 1.29 is 33.8 Å². The van der Waals surface area contributed by atoms with E-state index >= 15 is 0 Å². The number of aliphatic carboxylic acids is 1. The molecule has 0 heterocycles. The summed E-state index contributed by atoms with van der Waals surface area (Å²) in [4.78, 5) is 47.9. The van der Waals surface area contributed by atoms with E-state index in [2.05, 4.69) is 21.1 Å². The van der Waals surface area contributed by atoms with E-state index < -0.39 is 36.3 Å². The average molecular weight is 485 g/mol. The van der Waals surface area contributed by atoms with Crippen molar-refractivity contribution in [1.82, 2.24) is 10.6 Å². The van der Waals surface area contributed by atoms with Crippen LogP contribution in [0.25, 0.3) is 0 Å². The molecule has 186 valence electrons. The molecule has 0 saturated carbocycles. The van der Waals surface area contributed by atoms with E-state index in [-0.39, 0.29) is 25.4 Å². The van der Waals surface area contributed by atoms with Crippen LogP contribution in [0.2, 0.25) is 0 Å². The number of nitrogens with one attached hydrogen (secondary N) is 3. The Kier molecular flexibility index (Phi) is 10.5. The third-order valence-corrected chi connectivity index (χ3v) is 4.54. The molecular weight excluding hydrogens is 458 g/mol. The van der Waals surface area contributed by atoms with Crippen LogP contribution in [0.3, 0.4) is 0 Å². The van der Waals surface area contributed by atoms with E-state index in [1.165, 1.54) is 12.4 Å². The zero-order chi connectivity index (χ0) is 25.6. The van der Waals surface area contributed by atoms with Crippen molar-refractivity contribution in [2.24, 2.45) is 10.9 Å². The van der Waals surface area contributed by atoms with Gasteiger partial charge < -0.3 is 36.4 Å². The van der Waals surface area contributed by atoms with E-state index in [1.807, 2.05) is 0 Å². The summed E-state index contributed by atoms with van der Waals surface area (Å²) in [5.74, 6) is 1.72. The molecule has 6 N–H and O–H groups in total. The van der Waals surface area contributed by atoms with Gasteiger partial charge in [0.1, 0.15) is 12.1 Å². The molecule has 0 fully saturated rings. The van der Waals surface area contributed by atoms with Gasteiger partial charge in [0.15, 0.2) is 6.61 Å². The van der Waals surface area contributed by atoms with Crippen molar-refractivity contribution in [3.63, 3.8) is 0 Å². The number of carbonyl (C=O) groups excluding carboxylic acids is 3. The molecule has 35 heavy (non-hydrogen) atoms. The first-order valence-electron chi connectivity index (χ1n) is 10.6. The number of benzene rings is 2. The number of carboxylic acid groups (broad SMARTS) is 1. The molecule has 0 aromatic heterocycles. The Morgan fingerprint density at radius 2 is 1.89 bits per heavy atom. The lowest BCUT2D eigenvalue weighted by atomic mass is 9.99. The van der Waals surface area contributed by atoms with Gasteiger partial charge in [0.2, 0.25) is 5.91 Å². The standard InChI is InChI=1S/C23H27N5O7/c1-2-34-23(33)19(15-5-4-8-18(10-15)35-13-21(30)31)11-25-20(29)12-26-22(32)16-6-3-7-17(9-16)27-14-28-24/h3-10,14,19H,2,11-13,24H2,1H3,(H,25,29)(H,26,32)(H,27,28)(H,30,31). The van der Waals surface area contributed by atoms with Crippen LogP contribution in [-0.2, 0) is 19.1 Å². The van der Waals surface area contributed by atoms with Gasteiger partial charge in [-0.3, -0.25) is 14.4 Å². The predicted molar refractivity (Wildman–Crippen MR) is 127 cm³/mol. The number of nitrogens with zero attached hydrogens (tertiary/aromatic N) is 1. The summed E-state index contributed by atoms with van der Waals surface area (Å²) < 4.78 is 10.3. The smallest absolute Gasteiger partial charge is 0.341 e. The normalized spacial score (nSPS) is 11.3. The number of esters is 1. The largest absolute Gasteiger partial charge is 0.482 e. The number of nitrogens with two attached hydrogens (primary N) is 1. The third-order valence-electron chi connectivity index (χ3n) is 4.54. The van der Waals surface area contributed by atoms with Crippen LogP contribution in [0.5, 0.6) is 5.75 Å². The van der Waals surface area contributed by atoms with E-state index in [0.29, 0.717) is 16.8 Å². The lowest BCUT2D eigenvalue weighted by Gasteiger charge is -2.18. The second kappa shape index (κ2) is 13.8. The number of rotatable bonds is 13. The summed E-state index contributed by atoms with van der Waals surface area (Å²) in [5.41, 5.74) is 1.37. The molecule has 1 atom stereocenters. The maximum atomic E-state index is 12.5. The topological polar surface area (TPSA) is 181 Å². The Balaban J connectivity index is 1.98. The molecule has 12 heteroatoms. The minimum atomic E-state index is -1.14. The lowest BCUT2D eigenvalue weighted by molar-refractivity contribution is -0.145.